The van der Waals surface area contributed by atoms with Gasteiger partial charge in [-0.3, -0.25) is 4.79 Å². The summed E-state index contributed by atoms with van der Waals surface area (Å²) >= 11 is 2.85. The van der Waals surface area contributed by atoms with Crippen molar-refractivity contribution < 1.29 is 8.78 Å². The Morgan fingerprint density at radius 1 is 1.62 bits per heavy atom. The van der Waals surface area contributed by atoms with Crippen LogP contribution in [0.2, 0.25) is 0 Å². The lowest BCUT2D eigenvalue weighted by Gasteiger charge is -2.02. The summed E-state index contributed by atoms with van der Waals surface area (Å²) in [6, 6.07) is 2.61. The monoisotopic (exact) mass is 248 g/mol. The van der Waals surface area contributed by atoms with Crippen LogP contribution in [0.1, 0.15) is 17.7 Å². The molecule has 1 heterocycles. The smallest absolute Gasteiger partial charge is 0.279 e. The number of nitrogens with one attached hydrogen (secondary N) is 1. The number of nitriles is 1. The molecule has 0 saturated carbocycles. The van der Waals surface area contributed by atoms with Crippen LogP contribution < -0.4 is 5.56 Å². The summed E-state index contributed by atoms with van der Waals surface area (Å²) in [6.45, 7) is 0. The Kier molecular flexibility index (Phi) is 2.78. The van der Waals surface area contributed by atoms with Crippen LogP contribution in [0.4, 0.5) is 8.78 Å². The number of aromatic amines is 1. The molecule has 0 unspecified atom stereocenters. The van der Waals surface area contributed by atoms with E-state index in [-0.39, 0.29) is 10.0 Å². The summed E-state index contributed by atoms with van der Waals surface area (Å²) in [5, 5.41) is 8.50. The van der Waals surface area contributed by atoms with Crippen molar-refractivity contribution in [2.75, 3.05) is 0 Å². The second-order valence-electron chi connectivity index (χ2n) is 2.18. The maximum absolute atomic E-state index is 12.2. The number of pyridine rings is 1. The minimum atomic E-state index is -2.86. The highest BCUT2D eigenvalue weighted by Gasteiger charge is 2.16. The van der Waals surface area contributed by atoms with Gasteiger partial charge in [0.05, 0.1) is 5.56 Å². The first-order valence-corrected chi connectivity index (χ1v) is 3.96. The molecule has 0 aliphatic heterocycles. The molecule has 1 aromatic heterocycles. The zero-order chi connectivity index (χ0) is 10.0. The van der Waals surface area contributed by atoms with Gasteiger partial charge in [0.2, 0.25) is 5.56 Å². The Morgan fingerprint density at radius 3 is 2.69 bits per heavy atom. The van der Waals surface area contributed by atoms with Crippen molar-refractivity contribution in [2.45, 2.75) is 6.43 Å². The van der Waals surface area contributed by atoms with E-state index in [9.17, 15) is 13.6 Å². The van der Waals surface area contributed by atoms with Gasteiger partial charge in [0.25, 0.3) is 6.43 Å². The number of halogens is 3. The Hall–Kier alpha value is -1.22. The number of H-pyrrole nitrogens is 1. The van der Waals surface area contributed by atoms with Gasteiger partial charge < -0.3 is 4.98 Å². The molecule has 3 nitrogen and oxygen atoms in total. The summed E-state index contributed by atoms with van der Waals surface area (Å²) in [6.07, 6.45) is -2.86. The lowest BCUT2D eigenvalue weighted by atomic mass is 10.2. The topological polar surface area (TPSA) is 56.6 Å². The van der Waals surface area contributed by atoms with E-state index < -0.39 is 17.7 Å². The van der Waals surface area contributed by atoms with Crippen LogP contribution >= 0.6 is 15.9 Å². The normalized spacial score (nSPS) is 10.1. The molecule has 1 aromatic rings. The fourth-order valence-electron chi connectivity index (χ4n) is 0.825. The molecule has 0 saturated heterocycles. The Balaban J connectivity index is 3.50. The fourth-order valence-corrected chi connectivity index (χ4v) is 1.33. The van der Waals surface area contributed by atoms with Crippen molar-refractivity contribution in [3.8, 4) is 6.07 Å². The molecule has 0 aromatic carbocycles. The van der Waals surface area contributed by atoms with Gasteiger partial charge >= 0.3 is 0 Å². The number of aromatic nitrogens is 1. The molecule has 0 amide bonds. The maximum atomic E-state index is 12.2. The lowest BCUT2D eigenvalue weighted by molar-refractivity contribution is 0.145. The standard InChI is InChI=1S/C7H3BrF2N2O/c8-4-1-5(13)12-6(7(9)10)3(4)2-11/h1,7H,(H,12,13). The van der Waals surface area contributed by atoms with Crippen LogP contribution in [0.25, 0.3) is 0 Å². The van der Waals surface area contributed by atoms with Crippen LogP contribution in [-0.4, -0.2) is 4.98 Å². The van der Waals surface area contributed by atoms with Crippen LogP contribution in [0, 0.1) is 11.3 Å². The molecular formula is C7H3BrF2N2O. The lowest BCUT2D eigenvalue weighted by Crippen LogP contribution is -2.10. The van der Waals surface area contributed by atoms with Gasteiger partial charge in [-0.25, -0.2) is 8.78 Å². The average molecular weight is 249 g/mol. The second-order valence-corrected chi connectivity index (χ2v) is 3.04. The number of hydrogen-bond donors (Lipinski definition) is 1. The molecule has 0 atom stereocenters. The molecule has 0 aliphatic rings. The molecule has 1 N–H and O–H groups in total. The number of rotatable bonds is 1. The van der Waals surface area contributed by atoms with Crippen molar-refractivity contribution in [1.82, 2.24) is 4.98 Å². The summed E-state index contributed by atoms with van der Waals surface area (Å²) in [4.78, 5) is 12.7. The third-order valence-electron chi connectivity index (χ3n) is 1.35. The van der Waals surface area contributed by atoms with Gasteiger partial charge in [-0.05, 0) is 15.9 Å². The first-order chi connectivity index (χ1) is 6.06. The SMILES string of the molecule is N#Cc1c(Br)cc(=O)[nH]c1C(F)F. The summed E-state index contributed by atoms with van der Waals surface area (Å²) in [5.41, 5.74) is -1.56. The van der Waals surface area contributed by atoms with Gasteiger partial charge in [0, 0.05) is 10.5 Å². The number of alkyl halides is 2. The van der Waals surface area contributed by atoms with Gasteiger partial charge in [-0.15, -0.1) is 0 Å². The first kappa shape index (κ1) is 9.86. The quantitative estimate of drug-likeness (QED) is 0.826. The zero-order valence-corrected chi connectivity index (χ0v) is 7.73. The average Bonchev–Trinajstić information content (AvgIpc) is 2.02. The van der Waals surface area contributed by atoms with Crippen molar-refractivity contribution >= 4 is 15.9 Å². The first-order valence-electron chi connectivity index (χ1n) is 3.17. The van der Waals surface area contributed by atoms with E-state index in [1.807, 2.05) is 4.98 Å². The molecule has 6 heteroatoms. The van der Waals surface area contributed by atoms with Gasteiger partial charge in [0.1, 0.15) is 11.8 Å². The predicted molar refractivity (Wildman–Crippen MR) is 44.4 cm³/mol. The Bertz CT molecular complexity index is 421. The Labute approximate surface area is 80.1 Å². The number of hydrogen-bond acceptors (Lipinski definition) is 2. The van der Waals surface area contributed by atoms with Crippen molar-refractivity contribution in [3.05, 3.63) is 32.2 Å². The minimum absolute atomic E-state index is 0.0778. The van der Waals surface area contributed by atoms with Crippen LogP contribution in [0.3, 0.4) is 0 Å². The van der Waals surface area contributed by atoms with Crippen molar-refractivity contribution in [3.63, 3.8) is 0 Å². The van der Waals surface area contributed by atoms with Crippen LogP contribution in [0.5, 0.6) is 0 Å². The Morgan fingerprint density at radius 2 is 2.23 bits per heavy atom. The van der Waals surface area contributed by atoms with Crippen molar-refractivity contribution in [1.29, 1.82) is 5.26 Å². The zero-order valence-electron chi connectivity index (χ0n) is 6.14. The molecule has 0 aliphatic carbocycles. The van der Waals surface area contributed by atoms with E-state index in [0.717, 1.165) is 6.07 Å². The predicted octanol–water partition coefficient (Wildman–Crippen LogP) is 1.95. The fraction of sp³-hybridized carbons (Fsp3) is 0.143. The third-order valence-corrected chi connectivity index (χ3v) is 1.98. The van der Waals surface area contributed by atoms with E-state index in [2.05, 4.69) is 15.9 Å². The number of nitrogens with zero attached hydrogens (tertiary/aromatic N) is 1. The van der Waals surface area contributed by atoms with Gasteiger partial charge in [-0.1, -0.05) is 0 Å². The van der Waals surface area contributed by atoms with E-state index in [0.29, 0.717) is 0 Å². The molecule has 0 radical (unpaired) electrons. The maximum Gasteiger partial charge on any atom is 0.279 e. The van der Waals surface area contributed by atoms with Gasteiger partial charge in [-0.2, -0.15) is 5.26 Å². The molecular weight excluding hydrogens is 246 g/mol. The van der Waals surface area contributed by atoms with Crippen molar-refractivity contribution in [2.24, 2.45) is 0 Å². The summed E-state index contributed by atoms with van der Waals surface area (Å²) in [7, 11) is 0. The highest BCUT2D eigenvalue weighted by Crippen LogP contribution is 2.24. The summed E-state index contributed by atoms with van der Waals surface area (Å²) in [5.74, 6) is 0. The molecule has 68 valence electrons. The van der Waals surface area contributed by atoms with E-state index in [1.54, 1.807) is 6.07 Å². The van der Waals surface area contributed by atoms with Crippen LogP contribution in [-0.2, 0) is 0 Å². The molecule has 13 heavy (non-hydrogen) atoms. The van der Waals surface area contributed by atoms with E-state index in [4.69, 9.17) is 5.26 Å². The molecule has 0 bridgehead atoms. The van der Waals surface area contributed by atoms with E-state index >= 15 is 0 Å². The van der Waals surface area contributed by atoms with E-state index in [1.165, 1.54) is 0 Å². The third kappa shape index (κ3) is 1.92. The second kappa shape index (κ2) is 3.66. The minimum Gasteiger partial charge on any atom is -0.320 e. The molecule has 0 spiro atoms. The van der Waals surface area contributed by atoms with Gasteiger partial charge in [0.15, 0.2) is 0 Å². The van der Waals surface area contributed by atoms with Crippen LogP contribution in [0.15, 0.2) is 15.3 Å². The highest BCUT2D eigenvalue weighted by atomic mass is 79.9. The summed E-state index contributed by atoms with van der Waals surface area (Å²) < 4.78 is 24.5. The largest absolute Gasteiger partial charge is 0.320 e. The molecule has 1 rings (SSSR count). The highest BCUT2D eigenvalue weighted by molar-refractivity contribution is 9.10. The molecule has 0 fully saturated rings.